The summed E-state index contributed by atoms with van der Waals surface area (Å²) in [6, 6.07) is 0. The molecule has 1 aromatic rings. The van der Waals surface area contributed by atoms with E-state index in [2.05, 4.69) is 36.6 Å². The molecule has 0 aliphatic rings. The zero-order valence-electron chi connectivity index (χ0n) is 8.02. The molecule has 12 heavy (non-hydrogen) atoms. The van der Waals surface area contributed by atoms with E-state index >= 15 is 0 Å². The average Bonchev–Trinajstić information content (AvgIpc) is 2.34. The fourth-order valence-electron chi connectivity index (χ4n) is 1.35. The van der Waals surface area contributed by atoms with E-state index in [4.69, 9.17) is 0 Å². The fraction of sp³-hybridized carbons (Fsp3) is 0.667. The molecule has 0 fully saturated rings. The van der Waals surface area contributed by atoms with Crippen LogP contribution in [0.4, 0.5) is 0 Å². The van der Waals surface area contributed by atoms with Crippen LogP contribution >= 0.6 is 0 Å². The SMILES string of the molecule is CCCc1[nH]cc(CC)[n+]1C.[Cl-]. The molecule has 1 aromatic heterocycles. The lowest BCUT2D eigenvalue weighted by molar-refractivity contribution is -0.685. The van der Waals surface area contributed by atoms with Crippen LogP contribution in [-0.2, 0) is 19.9 Å². The molecule has 0 saturated heterocycles. The highest BCUT2D eigenvalue weighted by molar-refractivity contribution is 4.90. The van der Waals surface area contributed by atoms with E-state index < -0.39 is 0 Å². The Kier molecular flexibility index (Phi) is 4.98. The van der Waals surface area contributed by atoms with Gasteiger partial charge in [-0.05, 0) is 6.42 Å². The number of nitrogens with one attached hydrogen (secondary N) is 1. The number of halogens is 1. The summed E-state index contributed by atoms with van der Waals surface area (Å²) in [5.74, 6) is 1.34. The molecule has 0 aliphatic heterocycles. The van der Waals surface area contributed by atoms with Gasteiger partial charge < -0.3 is 12.4 Å². The number of nitrogens with zero attached hydrogens (tertiary/aromatic N) is 1. The Balaban J connectivity index is 0.00000121. The molecule has 0 atom stereocenters. The second-order valence-corrected chi connectivity index (χ2v) is 2.89. The first kappa shape index (κ1) is 11.5. The minimum Gasteiger partial charge on any atom is -1.00 e. The van der Waals surface area contributed by atoms with Crippen molar-refractivity contribution < 1.29 is 17.0 Å². The van der Waals surface area contributed by atoms with Gasteiger partial charge in [-0.15, -0.1) is 0 Å². The molecule has 0 bridgehead atoms. The van der Waals surface area contributed by atoms with Crippen molar-refractivity contribution in [3.05, 3.63) is 17.7 Å². The van der Waals surface area contributed by atoms with Crippen molar-refractivity contribution in [2.45, 2.75) is 33.1 Å². The van der Waals surface area contributed by atoms with Gasteiger partial charge in [-0.25, -0.2) is 9.55 Å². The molecule has 0 amide bonds. The maximum Gasteiger partial charge on any atom is 0.254 e. The van der Waals surface area contributed by atoms with Gasteiger partial charge in [0, 0.05) is 12.8 Å². The van der Waals surface area contributed by atoms with Gasteiger partial charge in [0.05, 0.1) is 7.05 Å². The van der Waals surface area contributed by atoms with Crippen LogP contribution in [0.3, 0.4) is 0 Å². The van der Waals surface area contributed by atoms with E-state index in [1.807, 2.05) is 0 Å². The summed E-state index contributed by atoms with van der Waals surface area (Å²) in [5.41, 5.74) is 1.38. The number of rotatable bonds is 3. The fourth-order valence-corrected chi connectivity index (χ4v) is 1.35. The standard InChI is InChI=1S/C9H16N2.ClH/c1-4-6-9-10-7-8(5-2)11(9)3;/h7H,4-6H2,1-3H3;1H. The molecule has 1 N–H and O–H groups in total. The van der Waals surface area contributed by atoms with E-state index in [1.165, 1.54) is 17.9 Å². The number of hydrogen-bond acceptors (Lipinski definition) is 0. The molecule has 2 nitrogen and oxygen atoms in total. The van der Waals surface area contributed by atoms with Crippen LogP contribution in [-0.4, -0.2) is 4.98 Å². The van der Waals surface area contributed by atoms with E-state index in [0.717, 1.165) is 12.8 Å². The second-order valence-electron chi connectivity index (χ2n) is 2.89. The van der Waals surface area contributed by atoms with Gasteiger partial charge in [0.2, 0.25) is 0 Å². The van der Waals surface area contributed by atoms with Crippen molar-refractivity contribution in [1.29, 1.82) is 0 Å². The molecule has 70 valence electrons. The minimum absolute atomic E-state index is 0. The Morgan fingerprint density at radius 3 is 2.50 bits per heavy atom. The Labute approximate surface area is 80.4 Å². The summed E-state index contributed by atoms with van der Waals surface area (Å²) in [6.45, 7) is 4.38. The lowest BCUT2D eigenvalue weighted by Crippen LogP contribution is -3.00. The number of H-pyrrole nitrogens is 1. The molecular weight excluding hydrogens is 172 g/mol. The number of aromatic nitrogens is 2. The smallest absolute Gasteiger partial charge is 0.254 e. The van der Waals surface area contributed by atoms with E-state index in [0.29, 0.717) is 0 Å². The molecule has 1 heterocycles. The normalized spacial score (nSPS) is 9.58. The van der Waals surface area contributed by atoms with E-state index in [9.17, 15) is 0 Å². The molecule has 0 radical (unpaired) electrons. The van der Waals surface area contributed by atoms with Crippen molar-refractivity contribution >= 4 is 0 Å². The zero-order valence-corrected chi connectivity index (χ0v) is 8.78. The maximum atomic E-state index is 3.29. The first-order valence-electron chi connectivity index (χ1n) is 4.34. The number of aryl methyl sites for hydroxylation is 2. The predicted molar refractivity (Wildman–Crippen MR) is 45.3 cm³/mol. The Morgan fingerprint density at radius 1 is 1.42 bits per heavy atom. The highest BCUT2D eigenvalue weighted by Gasteiger charge is 2.10. The number of hydrogen-bond donors (Lipinski definition) is 1. The van der Waals surface area contributed by atoms with Crippen molar-refractivity contribution in [1.82, 2.24) is 4.98 Å². The lowest BCUT2D eigenvalue weighted by atomic mass is 10.3. The van der Waals surface area contributed by atoms with Gasteiger partial charge in [-0.3, -0.25) is 0 Å². The molecule has 3 heteroatoms. The second kappa shape index (κ2) is 5.20. The summed E-state index contributed by atoms with van der Waals surface area (Å²) in [4.78, 5) is 3.29. The monoisotopic (exact) mass is 188 g/mol. The molecule has 0 saturated carbocycles. The summed E-state index contributed by atoms with van der Waals surface area (Å²) in [5, 5.41) is 0. The van der Waals surface area contributed by atoms with Crippen molar-refractivity contribution in [2.24, 2.45) is 7.05 Å². The third-order valence-electron chi connectivity index (χ3n) is 2.09. The predicted octanol–water partition coefficient (Wildman–Crippen LogP) is -1.64. The van der Waals surface area contributed by atoms with Crippen LogP contribution in [0.15, 0.2) is 6.20 Å². The van der Waals surface area contributed by atoms with Crippen LogP contribution < -0.4 is 17.0 Å². The van der Waals surface area contributed by atoms with Crippen LogP contribution in [0.25, 0.3) is 0 Å². The number of imidazole rings is 1. The minimum atomic E-state index is 0. The van der Waals surface area contributed by atoms with Gasteiger partial charge in [-0.1, -0.05) is 13.8 Å². The Bertz CT molecular complexity index is 230. The van der Waals surface area contributed by atoms with Crippen LogP contribution in [0.1, 0.15) is 31.8 Å². The lowest BCUT2D eigenvalue weighted by Gasteiger charge is -1.93. The van der Waals surface area contributed by atoms with Crippen LogP contribution in [0.5, 0.6) is 0 Å². The molecule has 1 rings (SSSR count). The number of aromatic amines is 1. The third-order valence-corrected chi connectivity index (χ3v) is 2.09. The molecular formula is C9H17ClN2. The first-order valence-corrected chi connectivity index (χ1v) is 4.34. The largest absolute Gasteiger partial charge is 1.00 e. The quantitative estimate of drug-likeness (QED) is 0.550. The Morgan fingerprint density at radius 2 is 2.08 bits per heavy atom. The van der Waals surface area contributed by atoms with Gasteiger partial charge in [0.15, 0.2) is 0 Å². The van der Waals surface area contributed by atoms with Gasteiger partial charge in [0.25, 0.3) is 5.82 Å². The highest BCUT2D eigenvalue weighted by atomic mass is 35.5. The summed E-state index contributed by atoms with van der Waals surface area (Å²) in [6.07, 6.45) is 5.57. The molecule has 0 unspecified atom stereocenters. The van der Waals surface area contributed by atoms with Crippen molar-refractivity contribution in [3.8, 4) is 0 Å². The zero-order chi connectivity index (χ0) is 8.27. The van der Waals surface area contributed by atoms with E-state index in [-0.39, 0.29) is 12.4 Å². The summed E-state index contributed by atoms with van der Waals surface area (Å²) < 4.78 is 2.25. The highest BCUT2D eigenvalue weighted by Crippen LogP contribution is 1.96. The average molecular weight is 189 g/mol. The van der Waals surface area contributed by atoms with Gasteiger partial charge in [0.1, 0.15) is 11.9 Å². The van der Waals surface area contributed by atoms with Gasteiger partial charge in [-0.2, -0.15) is 0 Å². The van der Waals surface area contributed by atoms with Crippen LogP contribution in [0, 0.1) is 0 Å². The first-order chi connectivity index (χ1) is 5.29. The van der Waals surface area contributed by atoms with E-state index in [1.54, 1.807) is 0 Å². The summed E-state index contributed by atoms with van der Waals surface area (Å²) >= 11 is 0. The van der Waals surface area contributed by atoms with Crippen molar-refractivity contribution in [2.75, 3.05) is 0 Å². The third kappa shape index (κ3) is 2.24. The topological polar surface area (TPSA) is 19.7 Å². The molecule has 0 aliphatic carbocycles. The maximum absolute atomic E-state index is 3.29. The summed E-state index contributed by atoms with van der Waals surface area (Å²) in [7, 11) is 2.13. The molecule has 0 aromatic carbocycles. The van der Waals surface area contributed by atoms with Crippen molar-refractivity contribution in [3.63, 3.8) is 0 Å². The van der Waals surface area contributed by atoms with Crippen LogP contribution in [0.2, 0.25) is 0 Å². The molecule has 0 spiro atoms. The Hall–Kier alpha value is -0.500. The van der Waals surface area contributed by atoms with Gasteiger partial charge >= 0.3 is 0 Å².